The molecule has 0 aliphatic heterocycles. The van der Waals surface area contributed by atoms with Gasteiger partial charge in [0.2, 0.25) is 0 Å². The number of nitrogens with two attached hydrogens (primary N) is 2. The summed E-state index contributed by atoms with van der Waals surface area (Å²) in [6.07, 6.45) is 1.25. The van der Waals surface area contributed by atoms with E-state index < -0.39 is 0 Å². The molecule has 0 saturated carbocycles. The van der Waals surface area contributed by atoms with E-state index in [0.717, 1.165) is 12.2 Å². The molecule has 1 rings (SSSR count). The highest BCUT2D eigenvalue weighted by Crippen LogP contribution is 2.19. The molecular formula is C12H22N4O. The number of nitrogens with one attached hydrogen (secondary N) is 2. The maximum atomic E-state index is 11.1. The maximum absolute atomic E-state index is 11.1. The molecule has 0 unspecified atom stereocenters. The lowest BCUT2D eigenvalue weighted by molar-refractivity contribution is 0.0953. The molecule has 0 radical (unpaired) electrons. The summed E-state index contributed by atoms with van der Waals surface area (Å²) in [6, 6.07) is 5.00. The fourth-order valence-corrected chi connectivity index (χ4v) is 1.14. The van der Waals surface area contributed by atoms with Crippen LogP contribution in [0, 0.1) is 0 Å². The van der Waals surface area contributed by atoms with E-state index in [1.165, 1.54) is 6.42 Å². The van der Waals surface area contributed by atoms with Crippen molar-refractivity contribution in [1.82, 2.24) is 5.43 Å². The van der Waals surface area contributed by atoms with Crippen molar-refractivity contribution in [1.29, 1.82) is 0 Å². The Morgan fingerprint density at radius 2 is 1.88 bits per heavy atom. The highest BCUT2D eigenvalue weighted by atomic mass is 16.2. The van der Waals surface area contributed by atoms with E-state index in [1.807, 2.05) is 12.3 Å². The van der Waals surface area contributed by atoms with Crippen LogP contribution in [0.4, 0.5) is 11.4 Å². The number of hydrogen-bond acceptors (Lipinski definition) is 4. The zero-order valence-electron chi connectivity index (χ0n) is 10.7. The van der Waals surface area contributed by atoms with Gasteiger partial charge in [0.1, 0.15) is 0 Å². The third-order valence-corrected chi connectivity index (χ3v) is 1.81. The van der Waals surface area contributed by atoms with Gasteiger partial charge in [0, 0.05) is 12.1 Å². The van der Waals surface area contributed by atoms with Crippen LogP contribution in [0.3, 0.4) is 0 Å². The summed E-state index contributed by atoms with van der Waals surface area (Å²) in [4.78, 5) is 11.1. The summed E-state index contributed by atoms with van der Waals surface area (Å²) in [6.45, 7) is 7.01. The van der Waals surface area contributed by atoms with Crippen molar-refractivity contribution >= 4 is 17.3 Å². The Hall–Kier alpha value is -1.75. The number of nitrogen functional groups attached to an aromatic ring is 2. The molecule has 0 atom stereocenters. The van der Waals surface area contributed by atoms with Crippen molar-refractivity contribution in [3.05, 3.63) is 23.8 Å². The van der Waals surface area contributed by atoms with Gasteiger partial charge in [-0.2, -0.15) is 0 Å². The summed E-state index contributed by atoms with van der Waals surface area (Å²) in [5.74, 6) is 4.65. The first kappa shape index (κ1) is 15.2. The summed E-state index contributed by atoms with van der Waals surface area (Å²) < 4.78 is 0. The first-order valence-corrected chi connectivity index (χ1v) is 5.74. The van der Waals surface area contributed by atoms with Gasteiger partial charge in [-0.15, -0.1) is 0 Å². The van der Waals surface area contributed by atoms with Crippen molar-refractivity contribution in [2.45, 2.75) is 27.2 Å². The van der Waals surface area contributed by atoms with Crippen molar-refractivity contribution in [3.63, 3.8) is 0 Å². The molecule has 0 aliphatic rings. The minimum absolute atomic E-state index is 0.347. The lowest BCUT2D eigenvalue weighted by atomic mass is 10.1. The molecule has 0 fully saturated rings. The van der Waals surface area contributed by atoms with Crippen LogP contribution in [0.1, 0.15) is 37.6 Å². The molecule has 1 aromatic carbocycles. The Morgan fingerprint density at radius 3 is 2.29 bits per heavy atom. The number of carbonyl (C=O) groups is 1. The fraction of sp³-hybridized carbons (Fsp3) is 0.417. The molecule has 0 aliphatic carbocycles. The van der Waals surface area contributed by atoms with E-state index in [2.05, 4.69) is 19.2 Å². The monoisotopic (exact) mass is 238 g/mol. The second-order valence-electron chi connectivity index (χ2n) is 3.51. The minimum atomic E-state index is -0.347. The van der Waals surface area contributed by atoms with Crippen LogP contribution in [0.25, 0.3) is 0 Å². The minimum Gasteiger partial charge on any atom is -0.397 e. The zero-order chi connectivity index (χ0) is 13.3. The van der Waals surface area contributed by atoms with Gasteiger partial charge in [-0.3, -0.25) is 10.2 Å². The van der Waals surface area contributed by atoms with Crippen LogP contribution < -0.4 is 22.3 Å². The number of hydrazine groups is 1. The highest BCUT2D eigenvalue weighted by Gasteiger charge is 2.05. The summed E-state index contributed by atoms with van der Waals surface area (Å²) in [7, 11) is 0. The molecule has 0 bridgehead atoms. The van der Waals surface area contributed by atoms with Crippen LogP contribution in [0.5, 0.6) is 0 Å². The Labute approximate surface area is 103 Å². The van der Waals surface area contributed by atoms with Gasteiger partial charge in [-0.05, 0) is 25.1 Å². The molecule has 1 amide bonds. The third kappa shape index (κ3) is 5.21. The van der Waals surface area contributed by atoms with Crippen molar-refractivity contribution in [2.24, 2.45) is 5.84 Å². The number of amides is 1. The molecule has 5 nitrogen and oxygen atoms in total. The predicted molar refractivity (Wildman–Crippen MR) is 72.6 cm³/mol. The van der Waals surface area contributed by atoms with Gasteiger partial charge in [-0.25, -0.2) is 5.84 Å². The lowest BCUT2D eigenvalue weighted by Crippen LogP contribution is -2.30. The number of benzene rings is 1. The van der Waals surface area contributed by atoms with E-state index in [9.17, 15) is 4.79 Å². The zero-order valence-corrected chi connectivity index (χ0v) is 10.7. The smallest absolute Gasteiger partial charge is 0.265 e. The van der Waals surface area contributed by atoms with Crippen molar-refractivity contribution < 1.29 is 4.79 Å². The van der Waals surface area contributed by atoms with Crippen LogP contribution in [-0.4, -0.2) is 12.5 Å². The van der Waals surface area contributed by atoms with E-state index in [0.29, 0.717) is 11.3 Å². The molecule has 0 saturated heterocycles. The van der Waals surface area contributed by atoms with E-state index in [4.69, 9.17) is 11.6 Å². The van der Waals surface area contributed by atoms with E-state index in [-0.39, 0.29) is 5.91 Å². The van der Waals surface area contributed by atoms with Crippen LogP contribution >= 0.6 is 0 Å². The Kier molecular flexibility index (Phi) is 7.54. The van der Waals surface area contributed by atoms with E-state index >= 15 is 0 Å². The van der Waals surface area contributed by atoms with Crippen LogP contribution in [-0.2, 0) is 0 Å². The standard InChI is InChI=1S/C9H14N4O.C3H8/c1-2-12-8-4-3-6(5-7(8)10)9(14)13-11;1-3-2/h3-5,12H,2,10-11H2,1H3,(H,13,14);3H2,1-2H3. The normalized spacial score (nSPS) is 8.94. The summed E-state index contributed by atoms with van der Waals surface area (Å²) >= 11 is 0. The van der Waals surface area contributed by atoms with Crippen molar-refractivity contribution in [3.8, 4) is 0 Å². The van der Waals surface area contributed by atoms with Gasteiger partial charge < -0.3 is 11.1 Å². The second-order valence-corrected chi connectivity index (χ2v) is 3.51. The number of hydrogen-bond donors (Lipinski definition) is 4. The third-order valence-electron chi connectivity index (χ3n) is 1.81. The van der Waals surface area contributed by atoms with Crippen molar-refractivity contribution in [2.75, 3.05) is 17.6 Å². The molecular weight excluding hydrogens is 216 g/mol. The molecule has 6 N–H and O–H groups in total. The lowest BCUT2D eigenvalue weighted by Gasteiger charge is -2.08. The van der Waals surface area contributed by atoms with Gasteiger partial charge in [-0.1, -0.05) is 20.3 Å². The first-order chi connectivity index (χ1) is 8.10. The van der Waals surface area contributed by atoms with Gasteiger partial charge in [0.05, 0.1) is 11.4 Å². The SMILES string of the molecule is CCC.CCNc1ccc(C(=O)NN)cc1N. The molecule has 0 heterocycles. The quantitative estimate of drug-likeness (QED) is 0.279. The van der Waals surface area contributed by atoms with Gasteiger partial charge in [0.15, 0.2) is 0 Å². The Bertz CT molecular complexity index is 352. The topological polar surface area (TPSA) is 93.2 Å². The number of rotatable bonds is 3. The largest absolute Gasteiger partial charge is 0.397 e. The highest BCUT2D eigenvalue weighted by molar-refractivity contribution is 5.95. The average Bonchev–Trinajstić information content (AvgIpc) is 2.32. The Morgan fingerprint density at radius 1 is 1.29 bits per heavy atom. The fourth-order valence-electron chi connectivity index (χ4n) is 1.14. The molecule has 0 aromatic heterocycles. The maximum Gasteiger partial charge on any atom is 0.265 e. The summed E-state index contributed by atoms with van der Waals surface area (Å²) in [5.41, 5.74) is 9.57. The first-order valence-electron chi connectivity index (χ1n) is 5.74. The Balaban J connectivity index is 0.000000770. The second kappa shape index (κ2) is 8.41. The van der Waals surface area contributed by atoms with Crippen LogP contribution in [0.2, 0.25) is 0 Å². The molecule has 96 valence electrons. The predicted octanol–water partition coefficient (Wildman–Crippen LogP) is 1.72. The number of carbonyl (C=O) groups excluding carboxylic acids is 1. The average molecular weight is 238 g/mol. The van der Waals surface area contributed by atoms with E-state index in [1.54, 1.807) is 18.2 Å². The van der Waals surface area contributed by atoms with Gasteiger partial charge in [0.25, 0.3) is 5.91 Å². The van der Waals surface area contributed by atoms with Gasteiger partial charge >= 0.3 is 0 Å². The molecule has 17 heavy (non-hydrogen) atoms. The molecule has 5 heteroatoms. The molecule has 0 spiro atoms. The summed E-state index contributed by atoms with van der Waals surface area (Å²) in [5, 5.41) is 3.07. The van der Waals surface area contributed by atoms with Crippen LogP contribution in [0.15, 0.2) is 18.2 Å². The number of anilines is 2. The molecule has 1 aromatic rings.